The van der Waals surface area contributed by atoms with Gasteiger partial charge in [0.05, 0.1) is 17.6 Å². The number of unbranched alkanes of at least 4 members (excludes halogenated alkanes) is 6. The average molecular weight is 262 g/mol. The van der Waals surface area contributed by atoms with E-state index in [1.54, 1.807) is 0 Å². The number of ether oxygens (including phenoxy) is 1. The lowest BCUT2D eigenvalue weighted by molar-refractivity contribution is 0.0680. The molecule has 1 aliphatic rings. The van der Waals surface area contributed by atoms with E-state index < -0.39 is 9.84 Å². The summed E-state index contributed by atoms with van der Waals surface area (Å²) in [5.74, 6) is 0.554. The van der Waals surface area contributed by atoms with Gasteiger partial charge in [-0.1, -0.05) is 45.4 Å². The topological polar surface area (TPSA) is 43.4 Å². The molecule has 0 unspecified atom stereocenters. The summed E-state index contributed by atoms with van der Waals surface area (Å²) in [7, 11) is -2.78. The Kier molecular flexibility index (Phi) is 7.12. The second kappa shape index (κ2) is 8.09. The lowest BCUT2D eigenvalue weighted by Crippen LogP contribution is -2.15. The molecule has 3 nitrogen and oxygen atoms in total. The zero-order valence-corrected chi connectivity index (χ0v) is 11.8. The van der Waals surface area contributed by atoms with Gasteiger partial charge in [-0.15, -0.1) is 0 Å². The third kappa shape index (κ3) is 7.04. The molecule has 0 bridgehead atoms. The highest BCUT2D eigenvalue weighted by molar-refractivity contribution is 7.91. The molecule has 1 rings (SSSR count). The smallest absolute Gasteiger partial charge is 0.152 e. The summed E-state index contributed by atoms with van der Waals surface area (Å²) in [5.41, 5.74) is 0. The van der Waals surface area contributed by atoms with Crippen molar-refractivity contribution in [3.05, 3.63) is 0 Å². The van der Waals surface area contributed by atoms with Gasteiger partial charge in [-0.3, -0.25) is 0 Å². The van der Waals surface area contributed by atoms with Crippen LogP contribution in [0.1, 0.15) is 58.3 Å². The van der Waals surface area contributed by atoms with E-state index in [2.05, 4.69) is 6.92 Å². The quantitative estimate of drug-likeness (QED) is 0.600. The van der Waals surface area contributed by atoms with Gasteiger partial charge in [0.2, 0.25) is 0 Å². The van der Waals surface area contributed by atoms with Crippen LogP contribution in [0, 0.1) is 0 Å². The van der Waals surface area contributed by atoms with Crippen molar-refractivity contribution in [1.82, 2.24) is 0 Å². The number of sulfone groups is 1. The maximum Gasteiger partial charge on any atom is 0.152 e. The standard InChI is InChI=1S/C13H26O3S/c1-2-3-4-5-6-7-8-10-16-13-9-11-17(14,15)12-13/h13H,2-12H2,1H3/t13-/m1/s1. The van der Waals surface area contributed by atoms with Crippen LogP contribution in [0.25, 0.3) is 0 Å². The van der Waals surface area contributed by atoms with Crippen LogP contribution in [0.2, 0.25) is 0 Å². The van der Waals surface area contributed by atoms with E-state index >= 15 is 0 Å². The van der Waals surface area contributed by atoms with E-state index in [4.69, 9.17) is 4.74 Å². The van der Waals surface area contributed by atoms with Crippen molar-refractivity contribution in [1.29, 1.82) is 0 Å². The van der Waals surface area contributed by atoms with E-state index in [1.807, 2.05) is 0 Å². The molecule has 4 heteroatoms. The molecule has 1 saturated heterocycles. The van der Waals surface area contributed by atoms with Crippen molar-refractivity contribution in [3.8, 4) is 0 Å². The summed E-state index contributed by atoms with van der Waals surface area (Å²) in [6, 6.07) is 0. The summed E-state index contributed by atoms with van der Waals surface area (Å²) in [6.45, 7) is 2.96. The molecule has 0 aromatic heterocycles. The highest BCUT2D eigenvalue weighted by atomic mass is 32.2. The minimum absolute atomic E-state index is 0.0277. The summed E-state index contributed by atoms with van der Waals surface area (Å²) in [6.07, 6.45) is 9.54. The van der Waals surface area contributed by atoms with E-state index in [0.29, 0.717) is 12.2 Å². The van der Waals surface area contributed by atoms with Crippen LogP contribution in [-0.2, 0) is 14.6 Å². The molecule has 0 aliphatic carbocycles. The van der Waals surface area contributed by atoms with Gasteiger partial charge >= 0.3 is 0 Å². The lowest BCUT2D eigenvalue weighted by Gasteiger charge is -2.09. The molecular weight excluding hydrogens is 236 g/mol. The van der Waals surface area contributed by atoms with Gasteiger partial charge in [-0.2, -0.15) is 0 Å². The average Bonchev–Trinajstić information content (AvgIpc) is 2.62. The molecule has 1 atom stereocenters. The molecule has 102 valence electrons. The largest absolute Gasteiger partial charge is 0.377 e. The first kappa shape index (κ1) is 15.0. The van der Waals surface area contributed by atoms with Gasteiger partial charge in [0.1, 0.15) is 0 Å². The Balaban J connectivity index is 1.88. The Labute approximate surface area is 106 Å². The van der Waals surface area contributed by atoms with Crippen LogP contribution in [0.3, 0.4) is 0 Å². The molecule has 1 fully saturated rings. The third-order valence-electron chi connectivity index (χ3n) is 3.29. The first-order valence-corrected chi connectivity index (χ1v) is 8.78. The van der Waals surface area contributed by atoms with Crippen LogP contribution in [-0.4, -0.2) is 32.6 Å². The monoisotopic (exact) mass is 262 g/mol. The zero-order valence-electron chi connectivity index (χ0n) is 11.0. The van der Waals surface area contributed by atoms with Crippen LogP contribution in [0.5, 0.6) is 0 Å². The molecule has 0 N–H and O–H groups in total. The van der Waals surface area contributed by atoms with Gasteiger partial charge in [-0.25, -0.2) is 8.42 Å². The third-order valence-corrected chi connectivity index (χ3v) is 5.03. The minimum Gasteiger partial charge on any atom is -0.377 e. The molecule has 1 heterocycles. The van der Waals surface area contributed by atoms with Crippen molar-refractivity contribution in [2.45, 2.75) is 64.4 Å². The Hall–Kier alpha value is -0.0900. The zero-order chi connectivity index (χ0) is 12.6. The van der Waals surface area contributed by atoms with Gasteiger partial charge in [0, 0.05) is 6.61 Å². The highest BCUT2D eigenvalue weighted by Gasteiger charge is 2.28. The van der Waals surface area contributed by atoms with Gasteiger partial charge in [0.25, 0.3) is 0 Å². The fourth-order valence-corrected chi connectivity index (χ4v) is 3.82. The maximum atomic E-state index is 11.2. The van der Waals surface area contributed by atoms with E-state index in [0.717, 1.165) is 13.0 Å². The first-order chi connectivity index (χ1) is 8.14. The lowest BCUT2D eigenvalue weighted by atomic mass is 10.1. The van der Waals surface area contributed by atoms with Crippen LogP contribution in [0.4, 0.5) is 0 Å². The van der Waals surface area contributed by atoms with Gasteiger partial charge < -0.3 is 4.74 Å². The summed E-state index contributed by atoms with van der Waals surface area (Å²) in [5, 5.41) is 0. The Bertz CT molecular complexity index is 285. The second-order valence-corrected chi connectivity index (χ2v) is 7.25. The highest BCUT2D eigenvalue weighted by Crippen LogP contribution is 2.15. The van der Waals surface area contributed by atoms with Crippen molar-refractivity contribution in [3.63, 3.8) is 0 Å². The van der Waals surface area contributed by atoms with Crippen molar-refractivity contribution < 1.29 is 13.2 Å². The fourth-order valence-electron chi connectivity index (χ4n) is 2.20. The minimum atomic E-state index is -2.78. The summed E-state index contributed by atoms with van der Waals surface area (Å²) >= 11 is 0. The number of hydrogen-bond acceptors (Lipinski definition) is 3. The van der Waals surface area contributed by atoms with Crippen molar-refractivity contribution in [2.75, 3.05) is 18.1 Å². The normalized spacial score (nSPS) is 23.0. The second-order valence-electron chi connectivity index (χ2n) is 5.02. The molecule has 1 aliphatic heterocycles. The van der Waals surface area contributed by atoms with Gasteiger partial charge in [0.15, 0.2) is 9.84 Å². The number of hydrogen-bond donors (Lipinski definition) is 0. The van der Waals surface area contributed by atoms with Crippen LogP contribution < -0.4 is 0 Å². The molecule has 0 radical (unpaired) electrons. The molecule has 0 amide bonds. The molecule has 0 aromatic rings. The van der Waals surface area contributed by atoms with Gasteiger partial charge in [-0.05, 0) is 12.8 Å². The van der Waals surface area contributed by atoms with E-state index in [9.17, 15) is 8.42 Å². The van der Waals surface area contributed by atoms with Crippen molar-refractivity contribution >= 4 is 9.84 Å². The predicted octanol–water partition coefficient (Wildman–Crippen LogP) is 2.94. The van der Waals surface area contributed by atoms with Crippen LogP contribution >= 0.6 is 0 Å². The molecule has 0 spiro atoms. The van der Waals surface area contributed by atoms with E-state index in [1.165, 1.54) is 38.5 Å². The molecule has 0 saturated carbocycles. The molecule has 0 aromatic carbocycles. The van der Waals surface area contributed by atoms with E-state index in [-0.39, 0.29) is 11.9 Å². The Morgan fingerprint density at radius 2 is 1.71 bits per heavy atom. The summed E-state index contributed by atoms with van der Waals surface area (Å²) < 4.78 is 28.0. The molecular formula is C13H26O3S. The molecule has 17 heavy (non-hydrogen) atoms. The Morgan fingerprint density at radius 1 is 1.06 bits per heavy atom. The summed E-state index contributed by atoms with van der Waals surface area (Å²) in [4.78, 5) is 0. The SMILES string of the molecule is CCCCCCCCCO[C@@H]1CCS(=O)(=O)C1. The fraction of sp³-hybridized carbons (Fsp3) is 1.00. The van der Waals surface area contributed by atoms with Crippen LogP contribution in [0.15, 0.2) is 0 Å². The van der Waals surface area contributed by atoms with Crippen molar-refractivity contribution in [2.24, 2.45) is 0 Å². The number of rotatable bonds is 9. The predicted molar refractivity (Wildman–Crippen MR) is 71.0 cm³/mol. The maximum absolute atomic E-state index is 11.2. The Morgan fingerprint density at radius 3 is 2.29 bits per heavy atom. The first-order valence-electron chi connectivity index (χ1n) is 6.96.